The van der Waals surface area contributed by atoms with Crippen LogP contribution in [0.3, 0.4) is 0 Å². The molecule has 27 atom stereocenters. The van der Waals surface area contributed by atoms with Crippen molar-refractivity contribution < 1.29 is 111 Å². The molecule has 3 aliphatic heterocycles. The van der Waals surface area contributed by atoms with E-state index in [9.17, 15) is 96.4 Å². The summed E-state index contributed by atoms with van der Waals surface area (Å²) in [7, 11) is 0. The van der Waals surface area contributed by atoms with Crippen LogP contribution in [-0.4, -0.2) is 272 Å². The van der Waals surface area contributed by atoms with Gasteiger partial charge in [0.25, 0.3) is 0 Å². The summed E-state index contributed by atoms with van der Waals surface area (Å²) < 4.78 is 17.5. The molecule has 534 valence electrons. The van der Waals surface area contributed by atoms with E-state index in [0.29, 0.717) is 38.8 Å². The predicted octanol–water partition coefficient (Wildman–Crippen LogP) is -0.495. The monoisotopic (exact) mass is 1320 g/mol. The first-order valence-corrected chi connectivity index (χ1v) is 33.4. The van der Waals surface area contributed by atoms with Gasteiger partial charge in [0.05, 0.1) is 86.0 Å². The number of carbonyl (C=O) groups is 2. The van der Waals surface area contributed by atoms with Crippen LogP contribution in [-0.2, 0) is 23.8 Å². The zero-order valence-corrected chi connectivity index (χ0v) is 55.7. The highest BCUT2D eigenvalue weighted by atomic mass is 16.7. The molecule has 0 aromatic heterocycles. The number of carbonyl (C=O) groups excluding carboxylic acids is 2. The first-order valence-electron chi connectivity index (χ1n) is 33.4. The number of esters is 1. The van der Waals surface area contributed by atoms with Gasteiger partial charge in [0.15, 0.2) is 6.29 Å². The standard InChI is InChI=1S/C67H119N3O22/c1-37-14-10-11-18-51(77)43(7)61(84)38(2)15-12-16-40(4)66(89)90-56(42(6)52(78)22-23-59(82)69-26-29-70-27-24-68-25-28-70)19-13-17-46(72)31-47(73)33-53(79)44(8)62(85)45(9)54(80)34-48(74)32-49(75)35-55(81)57(30-41(5)60(83)39(3)20-21-50(37)76)91-67-65(88)64(87)63(86)58(36-71)92-67/h10,13-14,16-17,20-21,30,37-39,42-58,60-65,67-68,71-81,83-88H,11-12,15,18-19,22-29,31-36H2,1-9H3,(H,69,82)/t37?,38?,39?,42?,43?,44?,45?,46?,47?,48?,49?,50?,51?,52?,53?,54?,55?,56?,57?,58-,60?,61?,62?,63-,64+,65+,67+/m1/s1. The lowest BCUT2D eigenvalue weighted by Gasteiger charge is -2.41. The second-order valence-electron chi connectivity index (χ2n) is 26.7. The Morgan fingerprint density at radius 2 is 1.28 bits per heavy atom. The second kappa shape index (κ2) is 42.5. The number of hydrogen-bond donors (Lipinski definition) is 19. The molecule has 19 N–H and O–H groups in total. The summed E-state index contributed by atoms with van der Waals surface area (Å²) in [6, 6.07) is 0. The summed E-state index contributed by atoms with van der Waals surface area (Å²) in [6.07, 6.45) is -15.0. The van der Waals surface area contributed by atoms with Crippen LogP contribution in [0.2, 0.25) is 0 Å². The number of cyclic esters (lactones) is 1. The highest BCUT2D eigenvalue weighted by molar-refractivity contribution is 5.87. The molecule has 3 rings (SSSR count). The third kappa shape index (κ3) is 28.5. The molecule has 0 saturated carbocycles. The Balaban J connectivity index is 1.87. The minimum absolute atomic E-state index is 0.0207. The summed E-state index contributed by atoms with van der Waals surface area (Å²) >= 11 is 0. The van der Waals surface area contributed by atoms with Gasteiger partial charge in [-0.3, -0.25) is 9.69 Å². The number of allylic oxidation sites excluding steroid dienone is 2. The van der Waals surface area contributed by atoms with Crippen molar-refractivity contribution in [2.45, 2.75) is 262 Å². The number of ether oxygens (including phenoxy) is 3. The average molecular weight is 1320 g/mol. The van der Waals surface area contributed by atoms with Crippen LogP contribution in [0.4, 0.5) is 0 Å². The quantitative estimate of drug-likeness (QED) is 0.0916. The zero-order valence-electron chi connectivity index (χ0n) is 55.7. The molecule has 22 unspecified atom stereocenters. The molecule has 0 aromatic carbocycles. The molecule has 25 heteroatoms. The minimum atomic E-state index is -1.89. The van der Waals surface area contributed by atoms with Crippen LogP contribution in [0.5, 0.6) is 0 Å². The third-order valence-corrected chi connectivity index (χ3v) is 18.9. The Morgan fingerprint density at radius 1 is 0.685 bits per heavy atom. The fourth-order valence-corrected chi connectivity index (χ4v) is 11.9. The summed E-state index contributed by atoms with van der Waals surface area (Å²) in [5.41, 5.74) is 0.489. The van der Waals surface area contributed by atoms with Crippen LogP contribution in [0.25, 0.3) is 0 Å². The number of aliphatic hydroxyl groups excluding tert-OH is 17. The summed E-state index contributed by atoms with van der Waals surface area (Å²) in [5, 5.41) is 194. The van der Waals surface area contributed by atoms with Crippen molar-refractivity contribution in [1.29, 1.82) is 0 Å². The molecule has 0 aromatic rings. The van der Waals surface area contributed by atoms with Crippen molar-refractivity contribution in [1.82, 2.24) is 15.5 Å². The summed E-state index contributed by atoms with van der Waals surface area (Å²) in [4.78, 5) is 28.7. The van der Waals surface area contributed by atoms with Gasteiger partial charge in [0.2, 0.25) is 5.91 Å². The van der Waals surface area contributed by atoms with E-state index in [4.69, 9.17) is 14.2 Å². The fraction of sp³-hybridized carbons (Fsp3) is 0.821. The Bertz CT molecular complexity index is 2240. The van der Waals surface area contributed by atoms with E-state index in [0.717, 1.165) is 26.2 Å². The highest BCUT2D eigenvalue weighted by Gasteiger charge is 2.46. The molecule has 2 saturated heterocycles. The van der Waals surface area contributed by atoms with Gasteiger partial charge in [0, 0.05) is 106 Å². The Hall–Kier alpha value is -3.20. The van der Waals surface area contributed by atoms with Crippen LogP contribution in [0.15, 0.2) is 59.8 Å². The van der Waals surface area contributed by atoms with Crippen molar-refractivity contribution in [3.63, 3.8) is 0 Å². The topological polar surface area (TPSA) is 433 Å². The van der Waals surface area contributed by atoms with Crippen molar-refractivity contribution >= 4 is 11.9 Å². The molecule has 1 amide bonds. The van der Waals surface area contributed by atoms with Gasteiger partial charge in [-0.25, -0.2) is 4.79 Å². The smallest absolute Gasteiger partial charge is 0.333 e. The lowest BCUT2D eigenvalue weighted by molar-refractivity contribution is -0.313. The molecule has 0 aliphatic carbocycles. The normalized spacial score (nSPS) is 40.0. The zero-order chi connectivity index (χ0) is 69.1. The van der Waals surface area contributed by atoms with E-state index < -0.39 is 183 Å². The molecule has 0 radical (unpaired) electrons. The molecule has 3 aliphatic rings. The van der Waals surface area contributed by atoms with Crippen molar-refractivity contribution in [3.8, 4) is 0 Å². The molecular formula is C67H119N3O22. The predicted molar refractivity (Wildman–Crippen MR) is 343 cm³/mol. The third-order valence-electron chi connectivity index (χ3n) is 18.9. The first-order chi connectivity index (χ1) is 43.3. The maximum Gasteiger partial charge on any atom is 0.333 e. The van der Waals surface area contributed by atoms with Gasteiger partial charge in [0.1, 0.15) is 36.6 Å². The maximum absolute atomic E-state index is 13.7. The van der Waals surface area contributed by atoms with E-state index in [1.807, 2.05) is 13.0 Å². The van der Waals surface area contributed by atoms with E-state index in [1.54, 1.807) is 58.9 Å². The average Bonchev–Trinajstić information content (AvgIpc) is 0.876. The maximum atomic E-state index is 13.7. The van der Waals surface area contributed by atoms with Crippen LogP contribution < -0.4 is 10.6 Å². The number of piperazine rings is 1. The highest BCUT2D eigenvalue weighted by Crippen LogP contribution is 2.30. The largest absolute Gasteiger partial charge is 0.458 e. The van der Waals surface area contributed by atoms with E-state index in [2.05, 4.69) is 15.5 Å². The minimum Gasteiger partial charge on any atom is -0.458 e. The Morgan fingerprint density at radius 3 is 1.90 bits per heavy atom. The fourth-order valence-electron chi connectivity index (χ4n) is 11.9. The molecule has 2 fully saturated rings. The molecule has 0 spiro atoms. The number of aliphatic hydroxyl groups is 17. The number of nitrogens with one attached hydrogen (secondary N) is 2. The number of hydrogen-bond acceptors (Lipinski definition) is 24. The van der Waals surface area contributed by atoms with E-state index >= 15 is 0 Å². The summed E-state index contributed by atoms with van der Waals surface area (Å²) in [6.45, 7) is 18.7. The van der Waals surface area contributed by atoms with Gasteiger partial charge in [-0.15, -0.1) is 0 Å². The van der Waals surface area contributed by atoms with Crippen LogP contribution >= 0.6 is 0 Å². The van der Waals surface area contributed by atoms with Gasteiger partial charge in [-0.2, -0.15) is 0 Å². The Kier molecular flexibility index (Phi) is 38.3. The SMILES string of the molecule is CC1=CCCC(C)C(O)C(C)C(O)CCC=CC(C)C(O)C=CC(C)C(O)C(C)=CC(O[C@H]2O[C@H](CO)[C@@H](O)[C@H](O)[C@@H]2O)C(O)CC(O)CC(O)CC(O)C(C)C(O)C(C)C(O)CC(O)CC(O)C=CCC(C(C)C(O)CCC(=O)NCCN2CCNCC2)OC1=O. The van der Waals surface area contributed by atoms with Gasteiger partial charge in [-0.1, -0.05) is 97.1 Å². The van der Waals surface area contributed by atoms with E-state index in [-0.39, 0.29) is 61.5 Å². The lowest BCUT2D eigenvalue weighted by atomic mass is 9.82. The number of rotatable bonds is 11. The van der Waals surface area contributed by atoms with Crippen molar-refractivity contribution in [3.05, 3.63) is 59.8 Å². The van der Waals surface area contributed by atoms with Crippen molar-refractivity contribution in [2.75, 3.05) is 45.9 Å². The molecule has 3 heterocycles. The van der Waals surface area contributed by atoms with Crippen LogP contribution in [0.1, 0.15) is 139 Å². The molecule has 25 nitrogen and oxygen atoms in total. The van der Waals surface area contributed by atoms with Crippen LogP contribution in [0, 0.1) is 41.4 Å². The van der Waals surface area contributed by atoms with Gasteiger partial charge < -0.3 is 112 Å². The van der Waals surface area contributed by atoms with Crippen molar-refractivity contribution in [2.24, 2.45) is 41.4 Å². The van der Waals surface area contributed by atoms with Gasteiger partial charge >= 0.3 is 5.97 Å². The lowest BCUT2D eigenvalue weighted by Crippen LogP contribution is -2.60. The molecule has 0 bridgehead atoms. The number of amides is 1. The van der Waals surface area contributed by atoms with E-state index in [1.165, 1.54) is 39.0 Å². The Labute approximate surface area is 544 Å². The summed E-state index contributed by atoms with van der Waals surface area (Å²) in [5.74, 6) is -5.39. The first kappa shape index (κ1) is 83.0. The second-order valence-corrected chi connectivity index (χ2v) is 26.7. The van der Waals surface area contributed by atoms with Gasteiger partial charge in [-0.05, 0) is 76.7 Å². The number of nitrogens with zero attached hydrogens (tertiary/aromatic N) is 1. The molecular weight excluding hydrogens is 1200 g/mol. The molecule has 92 heavy (non-hydrogen) atoms.